The normalized spacial score (nSPS) is 12.1. The molecular weight excluding hydrogens is 515 g/mol. The van der Waals surface area contributed by atoms with Crippen molar-refractivity contribution in [2.75, 3.05) is 11.8 Å². The number of nitrogens with one attached hydrogen (secondary N) is 2. The Hall–Kier alpha value is -2.59. The van der Waals surface area contributed by atoms with Gasteiger partial charge in [-0.2, -0.15) is 0 Å². The number of sulfonamides is 1. The molecule has 0 aromatic heterocycles. The first-order valence-corrected chi connectivity index (χ1v) is 11.7. The summed E-state index contributed by atoms with van der Waals surface area (Å²) in [5.41, 5.74) is 1.41. The van der Waals surface area contributed by atoms with E-state index in [2.05, 4.69) is 10.0 Å². The summed E-state index contributed by atoms with van der Waals surface area (Å²) in [5.74, 6) is 0.221. The fourth-order valence-corrected chi connectivity index (χ4v) is 4.94. The predicted molar refractivity (Wildman–Crippen MR) is 125 cm³/mol. The maximum Gasteiger partial charge on any atom is 0.261 e. The molecule has 0 fully saturated rings. The van der Waals surface area contributed by atoms with E-state index in [1.807, 2.05) is 59.8 Å². The summed E-state index contributed by atoms with van der Waals surface area (Å²) < 4.78 is 34.1. The monoisotopic (exact) mass is 536 g/mol. The van der Waals surface area contributed by atoms with Gasteiger partial charge in [0.15, 0.2) is 0 Å². The molecule has 0 bridgehead atoms. The first kappa shape index (κ1) is 22.1. The van der Waals surface area contributed by atoms with Crippen LogP contribution in [0.25, 0.3) is 0 Å². The molecule has 0 aliphatic heterocycles. The molecule has 0 saturated carbocycles. The highest BCUT2D eigenvalue weighted by Crippen LogP contribution is 2.26. The Morgan fingerprint density at radius 3 is 2.33 bits per heavy atom. The van der Waals surface area contributed by atoms with Gasteiger partial charge < -0.3 is 10.1 Å². The second-order valence-corrected chi connectivity index (χ2v) is 9.40. The van der Waals surface area contributed by atoms with Crippen LogP contribution >= 0.6 is 22.6 Å². The van der Waals surface area contributed by atoms with Crippen LogP contribution in [0, 0.1) is 3.57 Å². The molecule has 0 aliphatic rings. The van der Waals surface area contributed by atoms with Crippen LogP contribution in [0.15, 0.2) is 77.7 Å². The Labute approximate surface area is 189 Å². The number of carbonyl (C=O) groups excluding carboxylic acids is 1. The van der Waals surface area contributed by atoms with Gasteiger partial charge in [0, 0.05) is 0 Å². The third-order valence-electron chi connectivity index (χ3n) is 4.50. The van der Waals surface area contributed by atoms with Crippen LogP contribution in [-0.4, -0.2) is 21.4 Å². The van der Waals surface area contributed by atoms with E-state index < -0.39 is 10.0 Å². The summed E-state index contributed by atoms with van der Waals surface area (Å²) in [6.07, 6.45) is 0. The molecule has 156 valence electrons. The van der Waals surface area contributed by atoms with Crippen molar-refractivity contribution in [2.45, 2.75) is 17.9 Å². The molecular formula is C22H21IN2O4S. The van der Waals surface area contributed by atoms with E-state index in [1.54, 1.807) is 30.3 Å². The van der Waals surface area contributed by atoms with Crippen LogP contribution in [0.5, 0.6) is 5.75 Å². The SMILES string of the molecule is COc1ccc(S(=O)(=O)Nc2ccccc2C(=O)N[C@H](C)c2ccccc2)cc1I. The molecule has 2 N–H and O–H groups in total. The Morgan fingerprint density at radius 2 is 1.67 bits per heavy atom. The van der Waals surface area contributed by atoms with Crippen molar-refractivity contribution >= 4 is 44.2 Å². The van der Waals surface area contributed by atoms with Crippen molar-refractivity contribution in [3.05, 3.63) is 87.5 Å². The summed E-state index contributed by atoms with van der Waals surface area (Å²) >= 11 is 2.01. The van der Waals surface area contributed by atoms with E-state index in [0.29, 0.717) is 9.32 Å². The van der Waals surface area contributed by atoms with Gasteiger partial charge in [-0.3, -0.25) is 9.52 Å². The highest BCUT2D eigenvalue weighted by Gasteiger charge is 2.20. The standard InChI is InChI=1S/C22H21IN2O4S/c1-15(16-8-4-3-5-9-16)24-22(26)18-10-6-7-11-20(18)25-30(27,28)17-12-13-21(29-2)19(23)14-17/h3-15,25H,1-2H3,(H,24,26)/t15-/m1/s1. The topological polar surface area (TPSA) is 84.5 Å². The Balaban J connectivity index is 1.84. The zero-order valence-electron chi connectivity index (χ0n) is 16.4. The second kappa shape index (κ2) is 9.48. The fraction of sp³-hybridized carbons (Fsp3) is 0.136. The van der Waals surface area contributed by atoms with Crippen molar-refractivity contribution in [3.8, 4) is 5.75 Å². The smallest absolute Gasteiger partial charge is 0.261 e. The third-order valence-corrected chi connectivity index (χ3v) is 6.70. The van der Waals surface area contributed by atoms with Gasteiger partial charge >= 0.3 is 0 Å². The average Bonchev–Trinajstić information content (AvgIpc) is 2.74. The zero-order chi connectivity index (χ0) is 21.7. The number of hydrogen-bond acceptors (Lipinski definition) is 4. The lowest BCUT2D eigenvalue weighted by Gasteiger charge is -2.17. The van der Waals surface area contributed by atoms with E-state index in [4.69, 9.17) is 4.74 Å². The quantitative estimate of drug-likeness (QED) is 0.433. The lowest BCUT2D eigenvalue weighted by Crippen LogP contribution is -2.28. The Kier molecular flexibility index (Phi) is 6.99. The lowest BCUT2D eigenvalue weighted by atomic mass is 10.1. The van der Waals surface area contributed by atoms with Crippen molar-refractivity contribution in [3.63, 3.8) is 0 Å². The van der Waals surface area contributed by atoms with Gasteiger partial charge in [-0.15, -0.1) is 0 Å². The minimum absolute atomic E-state index is 0.0839. The van der Waals surface area contributed by atoms with Crippen molar-refractivity contribution in [1.82, 2.24) is 5.32 Å². The molecule has 0 radical (unpaired) electrons. The summed E-state index contributed by atoms with van der Waals surface area (Å²) in [4.78, 5) is 12.9. The van der Waals surface area contributed by atoms with Crippen LogP contribution in [-0.2, 0) is 10.0 Å². The van der Waals surface area contributed by atoms with Crippen LogP contribution in [0.2, 0.25) is 0 Å². The summed E-state index contributed by atoms with van der Waals surface area (Å²) in [7, 11) is -2.36. The minimum Gasteiger partial charge on any atom is -0.496 e. The third kappa shape index (κ3) is 5.11. The average molecular weight is 536 g/mol. The number of halogens is 1. The van der Waals surface area contributed by atoms with E-state index in [1.165, 1.54) is 19.2 Å². The maximum atomic E-state index is 12.9. The van der Waals surface area contributed by atoms with Crippen LogP contribution in [0.4, 0.5) is 5.69 Å². The molecule has 1 atom stereocenters. The Morgan fingerprint density at radius 1 is 1.00 bits per heavy atom. The van der Waals surface area contributed by atoms with Gasteiger partial charge in [0.25, 0.3) is 15.9 Å². The number of ether oxygens (including phenoxy) is 1. The van der Waals surface area contributed by atoms with E-state index >= 15 is 0 Å². The first-order chi connectivity index (χ1) is 14.3. The molecule has 0 saturated heterocycles. The highest BCUT2D eigenvalue weighted by atomic mass is 127. The molecule has 8 heteroatoms. The molecule has 3 aromatic carbocycles. The lowest BCUT2D eigenvalue weighted by molar-refractivity contribution is 0.0941. The first-order valence-electron chi connectivity index (χ1n) is 9.13. The van der Waals surface area contributed by atoms with Crippen molar-refractivity contribution in [2.24, 2.45) is 0 Å². The second-order valence-electron chi connectivity index (χ2n) is 6.55. The van der Waals surface area contributed by atoms with Gasteiger partial charge in [-0.25, -0.2) is 8.42 Å². The number of amides is 1. The predicted octanol–water partition coefficient (Wildman–Crippen LogP) is 4.59. The molecule has 30 heavy (non-hydrogen) atoms. The van der Waals surface area contributed by atoms with Crippen LogP contribution in [0.1, 0.15) is 28.9 Å². The fourth-order valence-electron chi connectivity index (χ4n) is 2.89. The van der Waals surface area contributed by atoms with E-state index in [9.17, 15) is 13.2 Å². The number of hydrogen-bond donors (Lipinski definition) is 2. The molecule has 6 nitrogen and oxygen atoms in total. The molecule has 0 spiro atoms. The number of benzene rings is 3. The van der Waals surface area contributed by atoms with Gasteiger partial charge in [-0.1, -0.05) is 42.5 Å². The van der Waals surface area contributed by atoms with Crippen molar-refractivity contribution in [1.29, 1.82) is 0 Å². The number of anilines is 1. The summed E-state index contributed by atoms with van der Waals surface area (Å²) in [6.45, 7) is 1.87. The molecule has 0 aliphatic carbocycles. The van der Waals surface area contributed by atoms with Gasteiger partial charge in [0.1, 0.15) is 5.75 Å². The van der Waals surface area contributed by atoms with Crippen LogP contribution in [0.3, 0.4) is 0 Å². The van der Waals surface area contributed by atoms with Crippen molar-refractivity contribution < 1.29 is 17.9 Å². The van der Waals surface area contributed by atoms with E-state index in [-0.39, 0.29) is 28.1 Å². The minimum atomic E-state index is -3.89. The molecule has 3 rings (SSSR count). The number of methoxy groups -OCH3 is 1. The van der Waals surface area contributed by atoms with Gasteiger partial charge in [0.05, 0.1) is 32.9 Å². The van der Waals surface area contributed by atoms with E-state index in [0.717, 1.165) is 5.56 Å². The maximum absolute atomic E-state index is 12.9. The molecule has 0 unspecified atom stereocenters. The number of carbonyl (C=O) groups is 1. The largest absolute Gasteiger partial charge is 0.496 e. The highest BCUT2D eigenvalue weighted by molar-refractivity contribution is 14.1. The van der Waals surface area contributed by atoms with Crippen LogP contribution < -0.4 is 14.8 Å². The van der Waals surface area contributed by atoms with Gasteiger partial charge in [-0.05, 0) is 65.4 Å². The number of rotatable bonds is 7. The molecule has 0 heterocycles. The number of para-hydroxylation sites is 1. The summed E-state index contributed by atoms with van der Waals surface area (Å²) in [5, 5.41) is 2.91. The zero-order valence-corrected chi connectivity index (χ0v) is 19.4. The summed E-state index contributed by atoms with van der Waals surface area (Å²) in [6, 6.07) is 20.4. The molecule has 1 amide bonds. The van der Waals surface area contributed by atoms with Gasteiger partial charge in [0.2, 0.25) is 0 Å². The Bertz CT molecular complexity index is 1150. The molecule has 3 aromatic rings.